The van der Waals surface area contributed by atoms with E-state index in [0.29, 0.717) is 23.2 Å². The molecule has 2 aliphatic rings. The third-order valence-corrected chi connectivity index (χ3v) is 11.8. The molecule has 56 heavy (non-hydrogen) atoms. The average Bonchev–Trinajstić information content (AvgIpc) is 3.54. The fourth-order valence-electron chi connectivity index (χ4n) is 8.92. The highest BCUT2D eigenvalue weighted by atomic mass is 15.0. The molecule has 0 unspecified atom stereocenters. The molecule has 1 aromatic heterocycles. The Balaban J connectivity index is 1.06. The van der Waals surface area contributed by atoms with E-state index >= 15 is 0 Å². The van der Waals surface area contributed by atoms with Gasteiger partial charge in [0, 0.05) is 22.1 Å². The van der Waals surface area contributed by atoms with E-state index < -0.39 is 0 Å². The van der Waals surface area contributed by atoms with E-state index in [9.17, 15) is 0 Å². The summed E-state index contributed by atoms with van der Waals surface area (Å²) in [6.45, 7) is 7.68. The van der Waals surface area contributed by atoms with Crippen LogP contribution in [0.1, 0.15) is 43.2 Å². The zero-order chi connectivity index (χ0) is 37.5. The van der Waals surface area contributed by atoms with Crippen LogP contribution in [-0.2, 0) is 5.41 Å². The maximum absolute atomic E-state index is 7.68. The van der Waals surface area contributed by atoms with E-state index in [4.69, 9.17) is 21.5 Å². The molecule has 1 fully saturated rings. The van der Waals surface area contributed by atoms with Crippen molar-refractivity contribution in [1.29, 1.82) is 0 Å². The van der Waals surface area contributed by atoms with E-state index in [1.54, 1.807) is 0 Å². The number of nitrogens with zero attached hydrogens (tertiary/aromatic N) is 4. The Bertz CT molecular complexity index is 2660. The first-order chi connectivity index (χ1) is 27.6. The van der Waals surface area contributed by atoms with Gasteiger partial charge in [0.05, 0.1) is 6.57 Å². The maximum Gasteiger partial charge on any atom is 0.187 e. The van der Waals surface area contributed by atoms with Gasteiger partial charge in [-0.15, -0.1) is 0 Å². The third-order valence-electron chi connectivity index (χ3n) is 11.8. The molecule has 1 spiro atoms. The minimum atomic E-state index is 0.00122. The number of rotatable bonds is 6. The summed E-state index contributed by atoms with van der Waals surface area (Å²) in [7, 11) is 0. The van der Waals surface area contributed by atoms with Crippen molar-refractivity contribution in [3.8, 4) is 78.7 Å². The van der Waals surface area contributed by atoms with Crippen LogP contribution in [0.25, 0.3) is 83.5 Å². The van der Waals surface area contributed by atoms with Crippen molar-refractivity contribution in [3.63, 3.8) is 0 Å². The van der Waals surface area contributed by atoms with Crippen LogP contribution in [0.5, 0.6) is 0 Å². The summed E-state index contributed by atoms with van der Waals surface area (Å²) in [6, 6.07) is 59.7. The van der Waals surface area contributed by atoms with E-state index in [1.807, 2.05) is 18.2 Å². The molecule has 4 heteroatoms. The van der Waals surface area contributed by atoms with Gasteiger partial charge < -0.3 is 0 Å². The van der Waals surface area contributed by atoms with Gasteiger partial charge in [0.25, 0.3) is 0 Å². The molecule has 10 rings (SSSR count). The number of hydrogen-bond donors (Lipinski definition) is 0. The summed E-state index contributed by atoms with van der Waals surface area (Å²) in [5.41, 5.74) is 15.7. The van der Waals surface area contributed by atoms with E-state index in [2.05, 4.69) is 157 Å². The van der Waals surface area contributed by atoms with Gasteiger partial charge >= 0.3 is 0 Å². The molecule has 4 nitrogen and oxygen atoms in total. The summed E-state index contributed by atoms with van der Waals surface area (Å²) >= 11 is 0. The normalized spacial score (nSPS) is 13.8. The second-order valence-electron chi connectivity index (χ2n) is 15.0. The molecule has 0 radical (unpaired) electrons. The summed E-state index contributed by atoms with van der Waals surface area (Å²) in [5, 5.41) is 0. The van der Waals surface area contributed by atoms with Crippen molar-refractivity contribution >= 4 is 5.69 Å². The van der Waals surface area contributed by atoms with Gasteiger partial charge in [0.1, 0.15) is 0 Å². The van der Waals surface area contributed by atoms with Crippen LogP contribution in [0.2, 0.25) is 0 Å². The lowest BCUT2D eigenvalue weighted by Crippen LogP contribution is -2.28. The Morgan fingerprint density at radius 1 is 0.375 bits per heavy atom. The van der Waals surface area contributed by atoms with Crippen LogP contribution < -0.4 is 0 Å². The van der Waals surface area contributed by atoms with E-state index in [0.717, 1.165) is 46.2 Å². The zero-order valence-electron chi connectivity index (χ0n) is 31.0. The topological polar surface area (TPSA) is 43.0 Å². The predicted molar refractivity (Wildman–Crippen MR) is 228 cm³/mol. The van der Waals surface area contributed by atoms with E-state index in [1.165, 1.54) is 58.2 Å². The van der Waals surface area contributed by atoms with Crippen LogP contribution in [0.15, 0.2) is 170 Å². The van der Waals surface area contributed by atoms with Crippen molar-refractivity contribution in [1.82, 2.24) is 15.0 Å². The Morgan fingerprint density at radius 3 is 1.45 bits per heavy atom. The van der Waals surface area contributed by atoms with Gasteiger partial charge in [0.2, 0.25) is 0 Å². The van der Waals surface area contributed by atoms with Crippen molar-refractivity contribution in [3.05, 3.63) is 192 Å². The largest absolute Gasteiger partial charge is 0.238 e. The van der Waals surface area contributed by atoms with Crippen LogP contribution in [0, 0.1) is 6.57 Å². The molecule has 0 amide bonds. The molecule has 0 atom stereocenters. The van der Waals surface area contributed by atoms with Crippen LogP contribution in [0.3, 0.4) is 0 Å². The van der Waals surface area contributed by atoms with Crippen LogP contribution in [0.4, 0.5) is 5.69 Å². The molecular formula is C52H38N4. The first kappa shape index (κ1) is 33.6. The Morgan fingerprint density at radius 2 is 0.857 bits per heavy atom. The van der Waals surface area contributed by atoms with Gasteiger partial charge in [-0.1, -0.05) is 171 Å². The smallest absolute Gasteiger partial charge is 0.187 e. The highest BCUT2D eigenvalue weighted by Gasteiger charge is 2.43. The van der Waals surface area contributed by atoms with Crippen molar-refractivity contribution in [2.75, 3.05) is 0 Å². The maximum atomic E-state index is 7.68. The summed E-state index contributed by atoms with van der Waals surface area (Å²) in [6.07, 6.45) is 6.00. The molecule has 0 saturated heterocycles. The predicted octanol–water partition coefficient (Wildman–Crippen LogP) is 13.7. The van der Waals surface area contributed by atoms with Gasteiger partial charge in [-0.3, -0.25) is 0 Å². The molecule has 2 aliphatic carbocycles. The van der Waals surface area contributed by atoms with Gasteiger partial charge in [0.15, 0.2) is 23.2 Å². The van der Waals surface area contributed by atoms with Crippen molar-refractivity contribution in [2.24, 2.45) is 0 Å². The molecule has 8 aromatic rings. The summed E-state index contributed by atoms with van der Waals surface area (Å²) < 4.78 is 0. The number of benzene rings is 7. The Labute approximate surface area is 328 Å². The standard InChI is InChI=1S/C52H38N4/c1-53-44-27-29-47-46(34-44)45-28-26-42(33-48(45)52(47)30-9-4-10-31-52)41-16-11-17-43(32-41)51-55-49(39-22-18-37(19-23-39)35-12-5-2-6-13-35)54-50(56-51)40-24-20-38(21-25-40)36-14-7-3-8-15-36/h2-3,5-8,11-29,32-34H,4,9-10,30-31H2. The molecule has 1 heterocycles. The fourth-order valence-corrected chi connectivity index (χ4v) is 8.92. The molecule has 1 saturated carbocycles. The first-order valence-electron chi connectivity index (χ1n) is 19.5. The average molecular weight is 719 g/mol. The lowest BCUT2D eigenvalue weighted by atomic mass is 9.67. The first-order valence-corrected chi connectivity index (χ1v) is 19.5. The summed E-state index contributed by atoms with van der Waals surface area (Å²) in [5.74, 6) is 1.90. The zero-order valence-corrected chi connectivity index (χ0v) is 31.0. The minimum Gasteiger partial charge on any atom is -0.238 e. The second kappa shape index (κ2) is 14.0. The molecule has 7 aromatic carbocycles. The van der Waals surface area contributed by atoms with Gasteiger partial charge in [-0.05, 0) is 86.7 Å². The monoisotopic (exact) mass is 718 g/mol. The molecule has 266 valence electrons. The number of aromatic nitrogens is 3. The van der Waals surface area contributed by atoms with E-state index in [-0.39, 0.29) is 5.41 Å². The number of hydrogen-bond acceptors (Lipinski definition) is 3. The molecule has 0 N–H and O–H groups in total. The minimum absolute atomic E-state index is 0.00122. The Hall–Kier alpha value is -6.96. The van der Waals surface area contributed by atoms with Gasteiger partial charge in [-0.25, -0.2) is 19.8 Å². The lowest BCUT2D eigenvalue weighted by molar-refractivity contribution is 0.353. The quantitative estimate of drug-likeness (QED) is 0.161. The SMILES string of the molecule is [C-]#[N+]c1ccc2c(c1)-c1ccc(-c3cccc(-c4nc(-c5ccc(-c6ccccc6)cc5)nc(-c5ccc(-c6ccccc6)cc5)n4)c3)cc1C21CCCCC1. The fraction of sp³-hybridized carbons (Fsp3) is 0.115. The third kappa shape index (κ3) is 5.99. The van der Waals surface area contributed by atoms with Crippen LogP contribution >= 0.6 is 0 Å². The highest BCUT2D eigenvalue weighted by Crippen LogP contribution is 2.57. The summed E-state index contributed by atoms with van der Waals surface area (Å²) in [4.78, 5) is 19.1. The Kier molecular flexibility index (Phi) is 8.42. The molecule has 0 aliphatic heterocycles. The van der Waals surface area contributed by atoms with Crippen LogP contribution in [-0.4, -0.2) is 15.0 Å². The lowest BCUT2D eigenvalue weighted by Gasteiger charge is -2.36. The molecular weight excluding hydrogens is 681 g/mol. The molecule has 0 bridgehead atoms. The second-order valence-corrected chi connectivity index (χ2v) is 15.0. The highest BCUT2D eigenvalue weighted by molar-refractivity contribution is 5.86. The van der Waals surface area contributed by atoms with Crippen molar-refractivity contribution in [2.45, 2.75) is 37.5 Å². The van der Waals surface area contributed by atoms with Gasteiger partial charge in [-0.2, -0.15) is 0 Å². The number of fused-ring (bicyclic) bond motifs is 5. The van der Waals surface area contributed by atoms with Crippen molar-refractivity contribution < 1.29 is 0 Å².